The summed E-state index contributed by atoms with van der Waals surface area (Å²) in [4.78, 5) is 4.26. The van der Waals surface area contributed by atoms with Gasteiger partial charge >= 0.3 is 0 Å². The maximum Gasteiger partial charge on any atom is 0.0647 e. The van der Waals surface area contributed by atoms with Gasteiger partial charge < -0.3 is 14.5 Å². The van der Waals surface area contributed by atoms with Crippen LogP contribution >= 0.6 is 0 Å². The average molecular weight is 406 g/mol. The number of benzene rings is 1. The van der Waals surface area contributed by atoms with Gasteiger partial charge in [0, 0.05) is 37.8 Å². The van der Waals surface area contributed by atoms with E-state index >= 15 is 0 Å². The molecule has 17 heavy (non-hydrogen) atoms. The Balaban J connectivity index is 0.00000144. The number of rotatable bonds is 3. The standard InChI is InChI=1S/C13H12NO2.Ir/c1-15-10-6-7-11(13(9-10)16-2)12-5-3-4-8-14-12;/h3-6,8-9H,1-2H3;/q-1;. The van der Waals surface area contributed by atoms with Crippen molar-refractivity contribution in [2.24, 2.45) is 0 Å². The van der Waals surface area contributed by atoms with Crippen LogP contribution in [0.1, 0.15) is 0 Å². The molecule has 0 unspecified atom stereocenters. The number of aromatic nitrogens is 1. The number of pyridine rings is 1. The molecule has 2 rings (SSSR count). The quantitative estimate of drug-likeness (QED) is 0.735. The van der Waals surface area contributed by atoms with Crippen LogP contribution in [0.15, 0.2) is 36.5 Å². The van der Waals surface area contributed by atoms with E-state index < -0.39 is 0 Å². The molecule has 0 aliphatic heterocycles. The molecule has 1 aromatic carbocycles. The Labute approximate surface area is 114 Å². The topological polar surface area (TPSA) is 31.4 Å². The molecule has 1 radical (unpaired) electrons. The van der Waals surface area contributed by atoms with Crippen LogP contribution in [-0.4, -0.2) is 19.2 Å². The van der Waals surface area contributed by atoms with Crippen LogP contribution in [0.3, 0.4) is 0 Å². The molecule has 1 heterocycles. The van der Waals surface area contributed by atoms with Gasteiger partial charge in [0.1, 0.15) is 0 Å². The minimum atomic E-state index is 0. The SMILES string of the molecule is COc1c[c-]c(-c2ccccn2)c(OC)c1.[Ir]. The molecule has 3 nitrogen and oxygen atoms in total. The van der Waals surface area contributed by atoms with Crippen LogP contribution in [0.25, 0.3) is 11.3 Å². The molecule has 0 saturated heterocycles. The van der Waals surface area contributed by atoms with E-state index in [0.29, 0.717) is 5.75 Å². The zero-order valence-electron chi connectivity index (χ0n) is 9.56. The molecule has 0 saturated carbocycles. The van der Waals surface area contributed by atoms with Gasteiger partial charge in [-0.05, 0) is 11.8 Å². The van der Waals surface area contributed by atoms with E-state index in [9.17, 15) is 0 Å². The molecular formula is C13H12IrNO2-. The third-order valence-electron chi connectivity index (χ3n) is 2.26. The van der Waals surface area contributed by atoms with Crippen molar-refractivity contribution in [2.45, 2.75) is 0 Å². The fourth-order valence-corrected chi connectivity index (χ4v) is 1.45. The Morgan fingerprint density at radius 3 is 2.59 bits per heavy atom. The summed E-state index contributed by atoms with van der Waals surface area (Å²) in [6.07, 6.45) is 1.74. The maximum atomic E-state index is 5.29. The molecule has 91 valence electrons. The zero-order chi connectivity index (χ0) is 11.4. The summed E-state index contributed by atoms with van der Waals surface area (Å²) in [7, 11) is 3.23. The van der Waals surface area contributed by atoms with Crippen molar-refractivity contribution in [3.63, 3.8) is 0 Å². The average Bonchev–Trinajstić information content (AvgIpc) is 2.39. The van der Waals surface area contributed by atoms with E-state index in [1.54, 1.807) is 26.5 Å². The monoisotopic (exact) mass is 407 g/mol. The van der Waals surface area contributed by atoms with Gasteiger partial charge in [0.05, 0.1) is 14.2 Å². The Morgan fingerprint density at radius 2 is 2.00 bits per heavy atom. The van der Waals surface area contributed by atoms with Gasteiger partial charge in [-0.15, -0.1) is 12.1 Å². The number of nitrogens with zero attached hydrogens (tertiary/aromatic N) is 1. The summed E-state index contributed by atoms with van der Waals surface area (Å²) in [5.74, 6) is 1.43. The van der Waals surface area contributed by atoms with Crippen molar-refractivity contribution >= 4 is 0 Å². The summed E-state index contributed by atoms with van der Waals surface area (Å²) in [6.45, 7) is 0. The molecule has 2 aromatic rings. The number of methoxy groups -OCH3 is 2. The molecule has 0 atom stereocenters. The van der Waals surface area contributed by atoms with E-state index in [-0.39, 0.29) is 20.1 Å². The van der Waals surface area contributed by atoms with Crippen LogP contribution in [0, 0.1) is 6.07 Å². The summed E-state index contributed by atoms with van der Waals surface area (Å²) in [5.41, 5.74) is 1.67. The molecule has 0 aliphatic carbocycles. The predicted octanol–water partition coefficient (Wildman–Crippen LogP) is 2.56. The first-order valence-corrected chi connectivity index (χ1v) is 4.90. The number of hydrogen-bond donors (Lipinski definition) is 0. The fourth-order valence-electron chi connectivity index (χ4n) is 1.45. The minimum absolute atomic E-state index is 0. The number of hydrogen-bond acceptors (Lipinski definition) is 3. The van der Waals surface area contributed by atoms with E-state index in [4.69, 9.17) is 9.47 Å². The first kappa shape index (κ1) is 13.7. The Morgan fingerprint density at radius 1 is 1.18 bits per heavy atom. The fraction of sp³-hybridized carbons (Fsp3) is 0.154. The second kappa shape index (κ2) is 6.38. The van der Waals surface area contributed by atoms with Gasteiger partial charge in [-0.3, -0.25) is 0 Å². The molecule has 4 heteroatoms. The second-order valence-corrected chi connectivity index (χ2v) is 3.20. The summed E-state index contributed by atoms with van der Waals surface area (Å²) in [6, 6.07) is 12.4. The van der Waals surface area contributed by atoms with E-state index in [1.807, 2.05) is 24.3 Å². The second-order valence-electron chi connectivity index (χ2n) is 3.20. The van der Waals surface area contributed by atoms with Crippen LogP contribution < -0.4 is 9.47 Å². The third kappa shape index (κ3) is 3.05. The summed E-state index contributed by atoms with van der Waals surface area (Å²) >= 11 is 0. The molecule has 0 aliphatic rings. The van der Waals surface area contributed by atoms with Gasteiger partial charge in [-0.25, -0.2) is 0 Å². The first-order chi connectivity index (χ1) is 7.85. The Hall–Kier alpha value is -1.38. The molecule has 0 spiro atoms. The largest absolute Gasteiger partial charge is 0.540 e. The normalized spacial score (nSPS) is 9.29. The van der Waals surface area contributed by atoms with Gasteiger partial charge in [-0.2, -0.15) is 0 Å². The van der Waals surface area contributed by atoms with Gasteiger partial charge in [0.15, 0.2) is 0 Å². The minimum Gasteiger partial charge on any atom is -0.540 e. The van der Waals surface area contributed by atoms with Gasteiger partial charge in [0.25, 0.3) is 0 Å². The van der Waals surface area contributed by atoms with E-state index in [1.165, 1.54) is 0 Å². The first-order valence-electron chi connectivity index (χ1n) is 4.90. The predicted molar refractivity (Wildman–Crippen MR) is 61.6 cm³/mol. The zero-order valence-corrected chi connectivity index (χ0v) is 12.0. The van der Waals surface area contributed by atoms with Gasteiger partial charge in [0.2, 0.25) is 0 Å². The molecule has 0 fully saturated rings. The van der Waals surface area contributed by atoms with Crippen molar-refractivity contribution in [1.82, 2.24) is 4.98 Å². The Kier molecular flexibility index (Phi) is 5.13. The van der Waals surface area contributed by atoms with E-state index in [0.717, 1.165) is 17.0 Å². The smallest absolute Gasteiger partial charge is 0.0647 e. The molecular weight excluding hydrogens is 394 g/mol. The third-order valence-corrected chi connectivity index (χ3v) is 2.26. The van der Waals surface area contributed by atoms with Crippen LogP contribution in [0.5, 0.6) is 11.5 Å². The summed E-state index contributed by atoms with van der Waals surface area (Å²) < 4.78 is 10.4. The molecule has 1 aromatic heterocycles. The Bertz CT molecular complexity index is 474. The van der Waals surface area contributed by atoms with Crippen molar-refractivity contribution in [2.75, 3.05) is 14.2 Å². The molecule has 0 amide bonds. The van der Waals surface area contributed by atoms with E-state index in [2.05, 4.69) is 11.1 Å². The van der Waals surface area contributed by atoms with Crippen molar-refractivity contribution < 1.29 is 29.6 Å². The molecule has 0 bridgehead atoms. The van der Waals surface area contributed by atoms with Crippen molar-refractivity contribution in [3.8, 4) is 22.8 Å². The summed E-state index contributed by atoms with van der Waals surface area (Å²) in [5, 5.41) is 0. The van der Waals surface area contributed by atoms with Crippen LogP contribution in [0.4, 0.5) is 0 Å². The van der Waals surface area contributed by atoms with Gasteiger partial charge in [-0.1, -0.05) is 23.8 Å². The molecule has 0 N–H and O–H groups in total. The van der Waals surface area contributed by atoms with Crippen LogP contribution in [-0.2, 0) is 20.1 Å². The maximum absolute atomic E-state index is 5.29. The van der Waals surface area contributed by atoms with Crippen molar-refractivity contribution in [3.05, 3.63) is 42.6 Å². The van der Waals surface area contributed by atoms with Crippen LogP contribution in [0.2, 0.25) is 0 Å². The van der Waals surface area contributed by atoms with Crippen molar-refractivity contribution in [1.29, 1.82) is 0 Å². The number of ether oxygens (including phenoxy) is 2.